The van der Waals surface area contributed by atoms with Crippen molar-refractivity contribution in [2.45, 2.75) is 184 Å². The Bertz CT molecular complexity index is 1910. The number of aliphatic carboxylic acids is 4. The molecular weight excluding hydrogens is 1020 g/mol. The van der Waals surface area contributed by atoms with Crippen molar-refractivity contribution >= 4 is 88.7 Å². The molecule has 29 heteroatoms. The molecule has 3 aliphatic heterocycles. The summed E-state index contributed by atoms with van der Waals surface area (Å²) in [5.41, 5.74) is 24.6. The van der Waals surface area contributed by atoms with Crippen LogP contribution in [0.25, 0.3) is 0 Å². The van der Waals surface area contributed by atoms with Crippen LogP contribution in [0.1, 0.15) is 99.3 Å². The molecule has 0 aromatic rings. The first-order valence-corrected chi connectivity index (χ1v) is 25.8. The third-order valence-electron chi connectivity index (χ3n) is 12.3. The summed E-state index contributed by atoms with van der Waals surface area (Å²) in [6, 6.07) is -9.61. The van der Waals surface area contributed by atoms with Gasteiger partial charge in [0.05, 0.1) is 22.2 Å². The van der Waals surface area contributed by atoms with Gasteiger partial charge in [-0.1, -0.05) is 0 Å². The molecule has 20 N–H and O–H groups in total. The SMILES string of the molecule is CC1(C)SC([C@H](N)C(=O)NCCCCC(N)C(=O)NC(CCCCNC(=O)[C@@H](N)C2N[C@@H](C(=O)O)C(C)(C)S2)C(=O)NC(CCCCNC(=O)[C@@H](N)C2N[C@@H](C(=O)O)C(C)(C)S2)C(=O)O)N[C@H]1C(=O)O.[K+]. The number of hydrogen-bond donors (Lipinski definition) is 16. The van der Waals surface area contributed by atoms with Gasteiger partial charge in [0.2, 0.25) is 29.5 Å². The Kier molecular flexibility index (Phi) is 26.5. The fourth-order valence-electron chi connectivity index (χ4n) is 8.06. The van der Waals surface area contributed by atoms with E-state index < -0.39 is 138 Å². The maximum atomic E-state index is 13.7. The van der Waals surface area contributed by atoms with Gasteiger partial charge < -0.3 is 69.9 Å². The van der Waals surface area contributed by atoms with E-state index in [1.807, 2.05) is 0 Å². The molecule has 3 rings (SSSR count). The molecule has 0 aromatic carbocycles. The van der Waals surface area contributed by atoms with Gasteiger partial charge in [0.25, 0.3) is 0 Å². The van der Waals surface area contributed by atoms with Crippen LogP contribution < -0.4 is 117 Å². The summed E-state index contributed by atoms with van der Waals surface area (Å²) in [4.78, 5) is 113. The van der Waals surface area contributed by atoms with Crippen LogP contribution in [0, 0.1) is 0 Å². The molecule has 0 aromatic heterocycles. The molecule has 3 saturated heterocycles. The van der Waals surface area contributed by atoms with Gasteiger partial charge in [-0.2, -0.15) is 0 Å². The number of nitrogens with one attached hydrogen (secondary N) is 8. The molecule has 0 saturated carbocycles. The molecule has 3 heterocycles. The van der Waals surface area contributed by atoms with E-state index in [1.54, 1.807) is 41.5 Å². The van der Waals surface area contributed by atoms with Crippen LogP contribution >= 0.6 is 35.3 Å². The molecule has 0 aliphatic carbocycles. The Labute approximate surface area is 468 Å². The predicted molar refractivity (Wildman–Crippen MR) is 264 cm³/mol. The topological polar surface area (TPSA) is 435 Å². The van der Waals surface area contributed by atoms with Gasteiger partial charge in [-0.05, 0) is 99.3 Å². The van der Waals surface area contributed by atoms with Crippen molar-refractivity contribution in [2.24, 2.45) is 22.9 Å². The largest absolute Gasteiger partial charge is 1.00 e. The molecule has 0 bridgehead atoms. The summed E-state index contributed by atoms with van der Waals surface area (Å²) in [6.45, 7) is 10.9. The average molecular weight is 1090 g/mol. The van der Waals surface area contributed by atoms with E-state index in [0.717, 1.165) is 0 Å². The summed E-state index contributed by atoms with van der Waals surface area (Å²) in [7, 11) is 0. The molecule has 3 fully saturated rings. The molecule has 12 atom stereocenters. The summed E-state index contributed by atoms with van der Waals surface area (Å²) in [6.07, 6.45) is 2.04. The van der Waals surface area contributed by atoms with E-state index in [2.05, 4.69) is 42.5 Å². The van der Waals surface area contributed by atoms with Gasteiger partial charge in [-0.3, -0.25) is 54.3 Å². The first kappa shape index (κ1) is 64.8. The number of carboxylic acid groups (broad SMARTS) is 4. The number of carbonyl (C=O) groups is 9. The molecule has 71 heavy (non-hydrogen) atoms. The van der Waals surface area contributed by atoms with Gasteiger partial charge in [0, 0.05) is 33.9 Å². The second-order valence-corrected chi connectivity index (χ2v) is 24.6. The van der Waals surface area contributed by atoms with Crippen molar-refractivity contribution in [1.29, 1.82) is 0 Å². The quantitative estimate of drug-likeness (QED) is 0.0245. The number of unbranched alkanes of at least 4 members (excludes halogenated alkanes) is 3. The minimum Gasteiger partial charge on any atom is -0.480 e. The predicted octanol–water partition coefficient (Wildman–Crippen LogP) is -6.10. The molecule has 398 valence electrons. The normalized spacial score (nSPS) is 25.4. The van der Waals surface area contributed by atoms with Crippen LogP contribution in [-0.2, 0) is 43.2 Å². The maximum absolute atomic E-state index is 13.7. The first-order valence-electron chi connectivity index (χ1n) is 23.2. The summed E-state index contributed by atoms with van der Waals surface area (Å²) in [5.74, 6) is -7.55. The van der Waals surface area contributed by atoms with Gasteiger partial charge >= 0.3 is 75.3 Å². The molecule has 0 spiro atoms. The fraction of sp³-hybridized carbons (Fsp3) is 0.786. The Hall–Kier alpha value is -2.36. The van der Waals surface area contributed by atoms with Gasteiger partial charge in [0.1, 0.15) is 48.3 Å². The minimum atomic E-state index is -1.38. The van der Waals surface area contributed by atoms with E-state index in [1.165, 1.54) is 35.3 Å². The van der Waals surface area contributed by atoms with Crippen molar-refractivity contribution in [2.75, 3.05) is 19.6 Å². The zero-order valence-corrected chi connectivity index (χ0v) is 47.0. The van der Waals surface area contributed by atoms with Crippen molar-refractivity contribution in [3.05, 3.63) is 0 Å². The monoisotopic (exact) mass is 1090 g/mol. The molecule has 6 unspecified atom stereocenters. The molecule has 3 aliphatic rings. The average Bonchev–Trinajstić information content (AvgIpc) is 3.91. The number of amides is 5. The second kappa shape index (κ2) is 29.1. The number of hydrogen-bond acceptors (Lipinski definition) is 19. The number of thioether (sulfide) groups is 3. The van der Waals surface area contributed by atoms with Crippen LogP contribution in [-0.4, -0.2) is 178 Å². The van der Waals surface area contributed by atoms with E-state index >= 15 is 0 Å². The number of carboxylic acids is 4. The van der Waals surface area contributed by atoms with E-state index in [0.29, 0.717) is 25.7 Å². The van der Waals surface area contributed by atoms with Crippen LogP contribution in [0.15, 0.2) is 0 Å². The van der Waals surface area contributed by atoms with Crippen molar-refractivity contribution < 1.29 is 115 Å². The Morgan fingerprint density at radius 2 is 0.761 bits per heavy atom. The standard InChI is InChI=1S/C42H74N12O13S3.K/c1-40(2)25(37(62)63)52-33(68-40)22(44)30(57)47-16-10-7-13-19(43)28(55)50-20(14-8-11-17-48-31(58)23(45)34-53-26(38(64)65)41(3,4)69-34)29(56)51-21(36(60)61)15-9-12-18-49-32(59)24(46)35-54-27(39(66)67)42(5,6)70-35;/h19-27,33-35,52-54H,7-18,43-46H2,1-6H3,(H,47,57)(H,48,58)(H,49,59)(H,50,55)(H,51,56)(H,60,61)(H,62,63)(H,64,65)(H,66,67);/q;+1/t19?,20?,21?,22-,23-,24-,25+,26+,27+,33?,34?,35?;/m1./s1. The van der Waals surface area contributed by atoms with Crippen LogP contribution in [0.2, 0.25) is 0 Å². The third kappa shape index (κ3) is 19.4. The molecular formula is C42H74KN12O13S3+. The van der Waals surface area contributed by atoms with Gasteiger partial charge in [-0.15, -0.1) is 35.3 Å². The van der Waals surface area contributed by atoms with Crippen LogP contribution in [0.3, 0.4) is 0 Å². The summed E-state index contributed by atoms with van der Waals surface area (Å²) < 4.78 is -2.13. The maximum Gasteiger partial charge on any atom is 1.00 e. The minimum absolute atomic E-state index is 0. The van der Waals surface area contributed by atoms with Gasteiger partial charge in [-0.25, -0.2) is 4.79 Å². The molecule has 25 nitrogen and oxygen atoms in total. The number of nitrogens with two attached hydrogens (primary N) is 4. The summed E-state index contributed by atoms with van der Waals surface area (Å²) in [5, 5.41) is 58.5. The zero-order chi connectivity index (χ0) is 52.9. The number of rotatable bonds is 29. The first-order chi connectivity index (χ1) is 32.5. The molecule has 5 amide bonds. The Balaban J connectivity index is 0.0000173. The Morgan fingerprint density at radius 3 is 1.06 bits per heavy atom. The van der Waals surface area contributed by atoms with E-state index in [-0.39, 0.29) is 103 Å². The van der Waals surface area contributed by atoms with Crippen LogP contribution in [0.4, 0.5) is 0 Å². The van der Waals surface area contributed by atoms with Crippen LogP contribution in [0.5, 0.6) is 0 Å². The zero-order valence-electron chi connectivity index (χ0n) is 41.4. The van der Waals surface area contributed by atoms with E-state index in [9.17, 15) is 63.6 Å². The van der Waals surface area contributed by atoms with E-state index in [4.69, 9.17) is 22.9 Å². The van der Waals surface area contributed by atoms with Crippen molar-refractivity contribution in [3.63, 3.8) is 0 Å². The Morgan fingerprint density at radius 1 is 0.465 bits per heavy atom. The third-order valence-corrected chi connectivity index (χ3v) is 16.8. The second-order valence-electron chi connectivity index (χ2n) is 19.2. The van der Waals surface area contributed by atoms with Crippen molar-refractivity contribution in [1.82, 2.24) is 42.5 Å². The number of carbonyl (C=O) groups excluding carboxylic acids is 5. The van der Waals surface area contributed by atoms with Crippen molar-refractivity contribution in [3.8, 4) is 0 Å². The van der Waals surface area contributed by atoms with Gasteiger partial charge in [0.15, 0.2) is 0 Å². The molecule has 0 radical (unpaired) electrons. The smallest absolute Gasteiger partial charge is 0.480 e. The fourth-order valence-corrected chi connectivity index (χ4v) is 12.4. The summed E-state index contributed by atoms with van der Waals surface area (Å²) >= 11 is 3.75.